The normalized spacial score (nSPS) is 21.9. The van der Waals surface area contributed by atoms with Crippen LogP contribution in [0.25, 0.3) is 0 Å². The second-order valence-corrected chi connectivity index (χ2v) is 6.95. The average molecular weight is 315 g/mol. The third kappa shape index (κ3) is 3.12. The maximum absolute atomic E-state index is 12.2. The standard InChI is InChI=1S/C17H25N5O/c1-13-12-15(20-6-2-3-7-20)19-17(18-13)22-10-8-21(9-11-22)16(23)14-4-5-14/h12,14H,2-11H2,1H3. The topological polar surface area (TPSA) is 52.6 Å². The molecule has 0 unspecified atom stereocenters. The molecule has 1 aromatic rings. The smallest absolute Gasteiger partial charge is 0.227 e. The Labute approximate surface area is 137 Å². The number of hydrogen-bond acceptors (Lipinski definition) is 5. The van der Waals surface area contributed by atoms with Crippen LogP contribution in [0.2, 0.25) is 0 Å². The van der Waals surface area contributed by atoms with Gasteiger partial charge in [0.2, 0.25) is 11.9 Å². The van der Waals surface area contributed by atoms with E-state index in [2.05, 4.69) is 20.9 Å². The minimum Gasteiger partial charge on any atom is -0.356 e. The summed E-state index contributed by atoms with van der Waals surface area (Å²) in [6.45, 7) is 7.50. The Morgan fingerprint density at radius 2 is 1.70 bits per heavy atom. The molecule has 0 aromatic carbocycles. The van der Waals surface area contributed by atoms with Crippen molar-refractivity contribution in [2.75, 3.05) is 49.1 Å². The van der Waals surface area contributed by atoms with Crippen LogP contribution in [-0.4, -0.2) is 60.0 Å². The molecule has 0 bridgehead atoms. The number of amides is 1. The van der Waals surface area contributed by atoms with Crippen molar-refractivity contribution in [1.82, 2.24) is 14.9 Å². The Hall–Kier alpha value is -1.85. The van der Waals surface area contributed by atoms with E-state index >= 15 is 0 Å². The van der Waals surface area contributed by atoms with E-state index in [-0.39, 0.29) is 0 Å². The molecule has 3 aliphatic rings. The first-order chi connectivity index (χ1) is 11.2. The highest BCUT2D eigenvalue weighted by molar-refractivity contribution is 5.81. The van der Waals surface area contributed by atoms with Crippen LogP contribution in [0.5, 0.6) is 0 Å². The second-order valence-electron chi connectivity index (χ2n) is 6.95. The summed E-state index contributed by atoms with van der Waals surface area (Å²) >= 11 is 0. The summed E-state index contributed by atoms with van der Waals surface area (Å²) in [4.78, 5) is 28.2. The quantitative estimate of drug-likeness (QED) is 0.845. The third-order valence-corrected chi connectivity index (χ3v) is 5.06. The minimum absolute atomic E-state index is 0.318. The number of nitrogens with zero attached hydrogens (tertiary/aromatic N) is 5. The number of carbonyl (C=O) groups is 1. The number of aryl methyl sites for hydroxylation is 1. The van der Waals surface area contributed by atoms with Gasteiger partial charge in [-0.05, 0) is 32.6 Å². The Kier molecular flexibility index (Phi) is 3.83. The summed E-state index contributed by atoms with van der Waals surface area (Å²) in [5, 5.41) is 0. The number of aromatic nitrogens is 2. The van der Waals surface area contributed by atoms with Gasteiger partial charge in [0.15, 0.2) is 0 Å². The van der Waals surface area contributed by atoms with Gasteiger partial charge in [-0.25, -0.2) is 4.98 Å². The van der Waals surface area contributed by atoms with Gasteiger partial charge in [-0.2, -0.15) is 4.98 Å². The first-order valence-corrected chi connectivity index (χ1v) is 8.85. The van der Waals surface area contributed by atoms with E-state index in [1.54, 1.807) is 0 Å². The van der Waals surface area contributed by atoms with Gasteiger partial charge in [0, 0.05) is 56.9 Å². The highest BCUT2D eigenvalue weighted by atomic mass is 16.2. The van der Waals surface area contributed by atoms with Crippen LogP contribution in [0.1, 0.15) is 31.4 Å². The van der Waals surface area contributed by atoms with E-state index in [4.69, 9.17) is 4.98 Å². The van der Waals surface area contributed by atoms with E-state index in [0.29, 0.717) is 11.8 Å². The maximum atomic E-state index is 12.2. The molecule has 0 atom stereocenters. The lowest BCUT2D eigenvalue weighted by Gasteiger charge is -2.35. The van der Waals surface area contributed by atoms with Gasteiger partial charge in [0.25, 0.3) is 0 Å². The lowest BCUT2D eigenvalue weighted by Crippen LogP contribution is -2.49. The summed E-state index contributed by atoms with van der Waals surface area (Å²) in [7, 11) is 0. The van der Waals surface area contributed by atoms with Crippen molar-refractivity contribution in [2.24, 2.45) is 5.92 Å². The largest absolute Gasteiger partial charge is 0.356 e. The lowest BCUT2D eigenvalue weighted by molar-refractivity contribution is -0.132. The maximum Gasteiger partial charge on any atom is 0.227 e. The molecular weight excluding hydrogens is 290 g/mol. The zero-order valence-corrected chi connectivity index (χ0v) is 13.9. The van der Waals surface area contributed by atoms with Crippen molar-refractivity contribution >= 4 is 17.7 Å². The molecule has 2 saturated heterocycles. The molecule has 1 aromatic heterocycles. The molecule has 1 saturated carbocycles. The molecule has 6 heteroatoms. The molecule has 124 valence electrons. The zero-order chi connectivity index (χ0) is 15.8. The predicted molar refractivity (Wildman–Crippen MR) is 89.7 cm³/mol. The van der Waals surface area contributed by atoms with Crippen LogP contribution in [-0.2, 0) is 4.79 Å². The Morgan fingerprint density at radius 1 is 1.00 bits per heavy atom. The molecule has 0 radical (unpaired) electrons. The zero-order valence-electron chi connectivity index (χ0n) is 13.9. The van der Waals surface area contributed by atoms with Crippen molar-refractivity contribution in [2.45, 2.75) is 32.6 Å². The Morgan fingerprint density at radius 3 is 2.35 bits per heavy atom. The molecule has 6 nitrogen and oxygen atoms in total. The number of hydrogen-bond donors (Lipinski definition) is 0. The van der Waals surface area contributed by atoms with Gasteiger partial charge in [-0.1, -0.05) is 0 Å². The molecule has 0 N–H and O–H groups in total. The van der Waals surface area contributed by atoms with Crippen LogP contribution in [0.4, 0.5) is 11.8 Å². The fraction of sp³-hybridized carbons (Fsp3) is 0.706. The van der Waals surface area contributed by atoms with Crippen LogP contribution in [0, 0.1) is 12.8 Å². The minimum atomic E-state index is 0.318. The van der Waals surface area contributed by atoms with Crippen LogP contribution >= 0.6 is 0 Å². The molecule has 23 heavy (non-hydrogen) atoms. The SMILES string of the molecule is Cc1cc(N2CCCC2)nc(N2CCN(C(=O)C3CC3)CC2)n1. The van der Waals surface area contributed by atoms with Crippen molar-refractivity contribution in [3.05, 3.63) is 11.8 Å². The highest BCUT2D eigenvalue weighted by Crippen LogP contribution is 2.31. The summed E-state index contributed by atoms with van der Waals surface area (Å²) in [6.07, 6.45) is 4.67. The molecule has 3 fully saturated rings. The fourth-order valence-electron chi connectivity index (χ4n) is 3.50. The van der Waals surface area contributed by atoms with Gasteiger partial charge in [-0.3, -0.25) is 4.79 Å². The monoisotopic (exact) mass is 315 g/mol. The summed E-state index contributed by atoms with van der Waals surface area (Å²) in [5.74, 6) is 2.55. The number of carbonyl (C=O) groups excluding carboxylic acids is 1. The van der Waals surface area contributed by atoms with Crippen LogP contribution in [0.3, 0.4) is 0 Å². The van der Waals surface area contributed by atoms with Crippen molar-refractivity contribution < 1.29 is 4.79 Å². The lowest BCUT2D eigenvalue weighted by atomic mass is 10.2. The molecule has 3 heterocycles. The number of anilines is 2. The molecule has 2 aliphatic heterocycles. The van der Waals surface area contributed by atoms with Gasteiger partial charge in [0.05, 0.1) is 0 Å². The van der Waals surface area contributed by atoms with Gasteiger partial charge < -0.3 is 14.7 Å². The average Bonchev–Trinajstić information content (AvgIpc) is 3.28. The first-order valence-electron chi connectivity index (χ1n) is 8.85. The third-order valence-electron chi connectivity index (χ3n) is 5.06. The van der Waals surface area contributed by atoms with E-state index in [9.17, 15) is 4.79 Å². The molecule has 0 spiro atoms. The van der Waals surface area contributed by atoms with E-state index in [1.165, 1.54) is 12.8 Å². The summed E-state index contributed by atoms with van der Waals surface area (Å²) < 4.78 is 0. The second kappa shape index (κ2) is 5.98. The fourth-order valence-corrected chi connectivity index (χ4v) is 3.50. The van der Waals surface area contributed by atoms with Gasteiger partial charge in [-0.15, -0.1) is 0 Å². The first kappa shape index (κ1) is 14.7. The van der Waals surface area contributed by atoms with Crippen molar-refractivity contribution in [3.8, 4) is 0 Å². The summed E-state index contributed by atoms with van der Waals surface area (Å²) in [5.41, 5.74) is 1.02. The van der Waals surface area contributed by atoms with E-state index in [1.807, 2.05) is 11.8 Å². The number of piperazine rings is 1. The Balaban J connectivity index is 1.44. The van der Waals surface area contributed by atoms with E-state index in [0.717, 1.165) is 69.6 Å². The number of rotatable bonds is 3. The van der Waals surface area contributed by atoms with Gasteiger partial charge >= 0.3 is 0 Å². The summed E-state index contributed by atoms with van der Waals surface area (Å²) in [6, 6.07) is 2.09. The van der Waals surface area contributed by atoms with Crippen molar-refractivity contribution in [3.63, 3.8) is 0 Å². The van der Waals surface area contributed by atoms with Crippen LogP contribution < -0.4 is 9.80 Å². The van der Waals surface area contributed by atoms with E-state index < -0.39 is 0 Å². The molecule has 1 aliphatic carbocycles. The van der Waals surface area contributed by atoms with Crippen molar-refractivity contribution in [1.29, 1.82) is 0 Å². The van der Waals surface area contributed by atoms with Crippen LogP contribution in [0.15, 0.2) is 6.07 Å². The molecule has 4 rings (SSSR count). The van der Waals surface area contributed by atoms with Gasteiger partial charge in [0.1, 0.15) is 5.82 Å². The highest BCUT2D eigenvalue weighted by Gasteiger charge is 2.35. The molecule has 1 amide bonds. The predicted octanol–water partition coefficient (Wildman–Crippen LogP) is 1.44. The molecular formula is C17H25N5O. The Bertz CT molecular complexity index is 587.